The molecule has 3 amide bonds. The fraction of sp³-hybridized carbons (Fsp3) is 0.571. The summed E-state index contributed by atoms with van der Waals surface area (Å²) in [5, 5.41) is 3.07. The molecule has 2 atom stereocenters. The van der Waals surface area contributed by atoms with Gasteiger partial charge in [0.15, 0.2) is 0 Å². The third kappa shape index (κ3) is 3.57. The predicted molar refractivity (Wildman–Crippen MR) is 107 cm³/mol. The molecule has 0 unspecified atom stereocenters. The lowest BCUT2D eigenvalue weighted by molar-refractivity contribution is -0.134. The minimum atomic E-state index is -0.616. The van der Waals surface area contributed by atoms with Gasteiger partial charge in [-0.25, -0.2) is 0 Å². The Balaban J connectivity index is 1.57. The maximum atomic E-state index is 13.6. The first-order valence-electron chi connectivity index (χ1n) is 10.0. The molecule has 1 N–H and O–H groups in total. The molecule has 6 nitrogen and oxygen atoms in total. The molecule has 0 bridgehead atoms. The molecule has 1 aromatic carbocycles. The van der Waals surface area contributed by atoms with E-state index in [1.165, 1.54) is 4.90 Å². The van der Waals surface area contributed by atoms with Crippen molar-refractivity contribution in [1.29, 1.82) is 0 Å². The van der Waals surface area contributed by atoms with Crippen molar-refractivity contribution in [3.8, 4) is 0 Å². The summed E-state index contributed by atoms with van der Waals surface area (Å²) in [6.45, 7) is 1.10. The first-order chi connectivity index (χ1) is 13.6. The SMILES string of the molecule is O=C1CSC(=O)N1[C@@H]1CCCC[C@H]1NC(=O)C1(c2ccccc2)CCOCC1. The zero-order valence-electron chi connectivity index (χ0n) is 15.9. The van der Waals surface area contributed by atoms with Crippen molar-refractivity contribution in [1.82, 2.24) is 10.2 Å². The molecule has 3 aliphatic rings. The minimum absolute atomic E-state index is 0.00866. The maximum Gasteiger partial charge on any atom is 0.289 e. The van der Waals surface area contributed by atoms with E-state index in [9.17, 15) is 14.4 Å². The topological polar surface area (TPSA) is 75.7 Å². The van der Waals surface area contributed by atoms with Crippen molar-refractivity contribution in [3.05, 3.63) is 35.9 Å². The van der Waals surface area contributed by atoms with Gasteiger partial charge < -0.3 is 10.1 Å². The molecule has 2 aliphatic heterocycles. The molecule has 3 fully saturated rings. The standard InChI is InChI=1S/C21H26N2O4S/c24-18-14-28-20(26)23(18)17-9-5-4-8-16(17)22-19(25)21(10-12-27-13-11-21)15-6-2-1-3-7-15/h1-3,6-7,16-17H,4-5,8-14H2,(H,22,25)/t16-,17-/m1/s1. The van der Waals surface area contributed by atoms with E-state index in [0.29, 0.717) is 26.1 Å². The van der Waals surface area contributed by atoms with Crippen molar-refractivity contribution >= 4 is 28.8 Å². The molecule has 2 heterocycles. The van der Waals surface area contributed by atoms with Crippen molar-refractivity contribution in [2.45, 2.75) is 56.0 Å². The smallest absolute Gasteiger partial charge is 0.289 e. The van der Waals surface area contributed by atoms with Gasteiger partial charge >= 0.3 is 0 Å². The van der Waals surface area contributed by atoms with E-state index in [2.05, 4.69) is 5.32 Å². The molecule has 7 heteroatoms. The van der Waals surface area contributed by atoms with Crippen LogP contribution in [0.4, 0.5) is 4.79 Å². The number of rotatable bonds is 4. The summed E-state index contributed by atoms with van der Waals surface area (Å²) in [6, 6.07) is 9.47. The molecule has 1 saturated carbocycles. The summed E-state index contributed by atoms with van der Waals surface area (Å²) in [7, 11) is 0. The van der Waals surface area contributed by atoms with E-state index >= 15 is 0 Å². The highest BCUT2D eigenvalue weighted by molar-refractivity contribution is 8.14. The summed E-state index contributed by atoms with van der Waals surface area (Å²) < 4.78 is 5.54. The third-order valence-electron chi connectivity index (χ3n) is 6.27. The average molecular weight is 403 g/mol. The lowest BCUT2D eigenvalue weighted by atomic mass is 9.73. The molecule has 1 aromatic rings. The molecule has 1 aliphatic carbocycles. The third-order valence-corrected chi connectivity index (χ3v) is 7.10. The Morgan fingerprint density at radius 3 is 2.50 bits per heavy atom. The highest BCUT2D eigenvalue weighted by Gasteiger charge is 2.45. The summed E-state index contributed by atoms with van der Waals surface area (Å²) >= 11 is 1.06. The molecule has 150 valence electrons. The summed E-state index contributed by atoms with van der Waals surface area (Å²) in [5.74, 6) is 0.0667. The Morgan fingerprint density at radius 2 is 1.82 bits per heavy atom. The first-order valence-corrected chi connectivity index (χ1v) is 11.0. The van der Waals surface area contributed by atoms with Crippen LogP contribution in [-0.2, 0) is 19.7 Å². The molecular weight excluding hydrogens is 376 g/mol. The molecule has 0 radical (unpaired) electrons. The van der Waals surface area contributed by atoms with Gasteiger partial charge in [0.25, 0.3) is 5.24 Å². The number of hydrogen-bond acceptors (Lipinski definition) is 5. The van der Waals surface area contributed by atoms with E-state index in [0.717, 1.165) is 43.0 Å². The lowest BCUT2D eigenvalue weighted by Gasteiger charge is -2.41. The van der Waals surface area contributed by atoms with Gasteiger partial charge in [-0.1, -0.05) is 54.9 Å². The second kappa shape index (κ2) is 8.25. The predicted octanol–water partition coefficient (Wildman–Crippen LogP) is 2.86. The summed E-state index contributed by atoms with van der Waals surface area (Å²) in [5.41, 5.74) is 0.391. The number of carbonyl (C=O) groups is 3. The van der Waals surface area contributed by atoms with E-state index in [-0.39, 0.29) is 34.9 Å². The van der Waals surface area contributed by atoms with E-state index in [1.54, 1.807) is 0 Å². The Morgan fingerprint density at radius 1 is 1.11 bits per heavy atom. The first kappa shape index (κ1) is 19.5. The highest BCUT2D eigenvalue weighted by atomic mass is 32.2. The van der Waals surface area contributed by atoms with Crippen LogP contribution in [0.15, 0.2) is 30.3 Å². The zero-order chi connectivity index (χ0) is 19.6. The van der Waals surface area contributed by atoms with Crippen molar-refractivity contribution in [3.63, 3.8) is 0 Å². The normalized spacial score (nSPS) is 27.6. The molecule has 28 heavy (non-hydrogen) atoms. The van der Waals surface area contributed by atoms with Crippen molar-refractivity contribution < 1.29 is 19.1 Å². The number of amides is 3. The fourth-order valence-electron chi connectivity index (χ4n) is 4.70. The monoisotopic (exact) mass is 402 g/mol. The Kier molecular flexibility index (Phi) is 5.73. The van der Waals surface area contributed by atoms with E-state index in [1.807, 2.05) is 30.3 Å². The minimum Gasteiger partial charge on any atom is -0.381 e. The quantitative estimate of drug-likeness (QED) is 0.838. The number of nitrogens with one attached hydrogen (secondary N) is 1. The Hall–Kier alpha value is -1.86. The number of carbonyl (C=O) groups excluding carboxylic acids is 3. The van der Waals surface area contributed by atoms with Crippen molar-refractivity contribution in [2.24, 2.45) is 0 Å². The second-order valence-corrected chi connectivity index (χ2v) is 8.74. The van der Waals surface area contributed by atoms with Crippen LogP contribution >= 0.6 is 11.8 Å². The van der Waals surface area contributed by atoms with Gasteiger partial charge in [-0.2, -0.15) is 0 Å². The number of thioether (sulfide) groups is 1. The van der Waals surface area contributed by atoms with Gasteiger partial charge in [0.1, 0.15) is 0 Å². The van der Waals surface area contributed by atoms with E-state index in [4.69, 9.17) is 4.74 Å². The van der Waals surface area contributed by atoms with E-state index < -0.39 is 5.41 Å². The van der Waals surface area contributed by atoms with Crippen LogP contribution in [0.3, 0.4) is 0 Å². The van der Waals surface area contributed by atoms with Gasteiger partial charge in [-0.3, -0.25) is 19.3 Å². The summed E-state index contributed by atoms with van der Waals surface area (Å²) in [4.78, 5) is 39.4. The molecule has 2 saturated heterocycles. The Labute approximate surface area is 169 Å². The highest BCUT2D eigenvalue weighted by Crippen LogP contribution is 2.36. The van der Waals surface area contributed by atoms with Crippen LogP contribution in [0.1, 0.15) is 44.1 Å². The molecule has 0 spiro atoms. The second-order valence-electron chi connectivity index (χ2n) is 7.81. The average Bonchev–Trinajstić information content (AvgIpc) is 3.07. The van der Waals surface area contributed by atoms with Crippen LogP contribution in [-0.4, -0.2) is 53.0 Å². The number of imide groups is 1. The number of ether oxygens (including phenoxy) is 1. The van der Waals surface area contributed by atoms with Gasteiger partial charge in [0.05, 0.1) is 17.2 Å². The molecule has 4 rings (SSSR count). The summed E-state index contributed by atoms with van der Waals surface area (Å²) in [6.07, 6.45) is 4.78. The van der Waals surface area contributed by atoms with Crippen LogP contribution in [0, 0.1) is 0 Å². The number of benzene rings is 1. The lowest BCUT2D eigenvalue weighted by Crippen LogP contribution is -2.58. The van der Waals surface area contributed by atoms with Crippen LogP contribution in [0.5, 0.6) is 0 Å². The zero-order valence-corrected chi connectivity index (χ0v) is 16.7. The van der Waals surface area contributed by atoms with Gasteiger partial charge in [0.2, 0.25) is 11.8 Å². The number of hydrogen-bond donors (Lipinski definition) is 1. The van der Waals surface area contributed by atoms with Crippen LogP contribution < -0.4 is 5.32 Å². The van der Waals surface area contributed by atoms with Gasteiger partial charge in [0, 0.05) is 19.3 Å². The largest absolute Gasteiger partial charge is 0.381 e. The van der Waals surface area contributed by atoms with Crippen LogP contribution in [0.25, 0.3) is 0 Å². The Bertz CT molecular complexity index is 732. The van der Waals surface area contributed by atoms with Gasteiger partial charge in [-0.05, 0) is 31.2 Å². The number of nitrogens with zero attached hydrogens (tertiary/aromatic N) is 1. The maximum absolute atomic E-state index is 13.6. The van der Waals surface area contributed by atoms with Crippen molar-refractivity contribution in [2.75, 3.05) is 19.0 Å². The fourth-order valence-corrected chi connectivity index (χ4v) is 5.47. The molecule has 0 aromatic heterocycles. The molecular formula is C21H26N2O4S. The van der Waals surface area contributed by atoms with Crippen LogP contribution in [0.2, 0.25) is 0 Å². The van der Waals surface area contributed by atoms with Gasteiger partial charge in [-0.15, -0.1) is 0 Å².